The van der Waals surface area contributed by atoms with Gasteiger partial charge in [-0.2, -0.15) is 0 Å². The summed E-state index contributed by atoms with van der Waals surface area (Å²) < 4.78 is 27.7. The molecule has 0 atom stereocenters. The van der Waals surface area contributed by atoms with Crippen LogP contribution in [0.4, 0.5) is 13.6 Å². The molecule has 5 heteroatoms. The standard InChI is InChI=1S/C15H15F2NO2/c16-15(17)7-5-10(6-8-15)13-9-11-3-1-2-4-12(11)18(13)14(19)20/h1-4,9-10H,5-8H2,(H,19,20). The molecule has 106 valence electrons. The van der Waals surface area contributed by atoms with Crippen LogP contribution in [0.1, 0.15) is 37.3 Å². The van der Waals surface area contributed by atoms with E-state index in [0.717, 1.165) is 5.39 Å². The maximum absolute atomic E-state index is 13.2. The highest BCUT2D eigenvalue weighted by Gasteiger charge is 2.36. The van der Waals surface area contributed by atoms with E-state index in [1.807, 2.05) is 18.2 Å². The molecule has 1 aliphatic rings. The molecule has 1 heterocycles. The van der Waals surface area contributed by atoms with Gasteiger partial charge in [0.05, 0.1) is 5.52 Å². The van der Waals surface area contributed by atoms with E-state index >= 15 is 0 Å². The van der Waals surface area contributed by atoms with E-state index in [4.69, 9.17) is 0 Å². The number of aromatic nitrogens is 1. The monoisotopic (exact) mass is 279 g/mol. The van der Waals surface area contributed by atoms with Crippen LogP contribution in [0, 0.1) is 0 Å². The number of fused-ring (bicyclic) bond motifs is 1. The Kier molecular flexibility index (Phi) is 3.00. The molecule has 3 rings (SSSR count). The first-order valence-corrected chi connectivity index (χ1v) is 6.69. The van der Waals surface area contributed by atoms with E-state index in [0.29, 0.717) is 24.1 Å². The molecule has 1 saturated carbocycles. The summed E-state index contributed by atoms with van der Waals surface area (Å²) in [6, 6.07) is 9.02. The molecule has 0 aliphatic heterocycles. The van der Waals surface area contributed by atoms with Crippen LogP contribution >= 0.6 is 0 Å². The molecule has 0 amide bonds. The second-order valence-corrected chi connectivity index (χ2v) is 5.38. The van der Waals surface area contributed by atoms with Crippen molar-refractivity contribution in [3.63, 3.8) is 0 Å². The number of carbonyl (C=O) groups is 1. The third kappa shape index (κ3) is 2.17. The molecule has 2 aromatic rings. The lowest BCUT2D eigenvalue weighted by molar-refractivity contribution is -0.0385. The van der Waals surface area contributed by atoms with E-state index in [9.17, 15) is 18.7 Å². The van der Waals surface area contributed by atoms with E-state index in [2.05, 4.69) is 0 Å². The highest BCUT2D eigenvalue weighted by molar-refractivity contribution is 5.90. The van der Waals surface area contributed by atoms with Crippen LogP contribution in [0.15, 0.2) is 30.3 Å². The number of carboxylic acid groups (broad SMARTS) is 1. The number of nitrogens with zero attached hydrogens (tertiary/aromatic N) is 1. The van der Waals surface area contributed by atoms with Crippen LogP contribution in [0.3, 0.4) is 0 Å². The zero-order chi connectivity index (χ0) is 14.3. The number of hydrogen-bond donors (Lipinski definition) is 1. The maximum Gasteiger partial charge on any atom is 0.416 e. The summed E-state index contributed by atoms with van der Waals surface area (Å²) >= 11 is 0. The predicted molar refractivity (Wildman–Crippen MR) is 71.5 cm³/mol. The van der Waals surface area contributed by atoms with Crippen molar-refractivity contribution in [3.05, 3.63) is 36.0 Å². The Morgan fingerprint density at radius 1 is 1.25 bits per heavy atom. The van der Waals surface area contributed by atoms with Crippen LogP contribution in [-0.4, -0.2) is 21.7 Å². The molecule has 0 unspecified atom stereocenters. The first-order chi connectivity index (χ1) is 9.48. The quantitative estimate of drug-likeness (QED) is 0.837. The number of halogens is 2. The van der Waals surface area contributed by atoms with Gasteiger partial charge in [0.15, 0.2) is 0 Å². The molecule has 1 N–H and O–H groups in total. The SMILES string of the molecule is O=C(O)n1c(C2CCC(F)(F)CC2)cc2ccccc21. The van der Waals surface area contributed by atoms with Crippen molar-refractivity contribution in [3.8, 4) is 0 Å². The Bertz CT molecular complexity index is 653. The third-order valence-electron chi connectivity index (χ3n) is 4.07. The number of alkyl halides is 2. The minimum absolute atomic E-state index is 0.113. The summed E-state index contributed by atoms with van der Waals surface area (Å²) in [7, 11) is 0. The molecule has 1 aromatic carbocycles. The molecule has 0 bridgehead atoms. The topological polar surface area (TPSA) is 42.2 Å². The third-order valence-corrected chi connectivity index (χ3v) is 4.07. The lowest BCUT2D eigenvalue weighted by Crippen LogP contribution is -2.25. The molecular weight excluding hydrogens is 264 g/mol. The van der Waals surface area contributed by atoms with E-state index in [1.54, 1.807) is 12.1 Å². The molecule has 1 fully saturated rings. The summed E-state index contributed by atoms with van der Waals surface area (Å²) in [5.41, 5.74) is 1.25. The van der Waals surface area contributed by atoms with Crippen molar-refractivity contribution in [2.75, 3.05) is 0 Å². The number of hydrogen-bond acceptors (Lipinski definition) is 1. The van der Waals surface area contributed by atoms with Crippen molar-refractivity contribution >= 4 is 17.0 Å². The van der Waals surface area contributed by atoms with Gasteiger partial charge in [-0.05, 0) is 25.0 Å². The fourth-order valence-electron chi connectivity index (χ4n) is 3.03. The summed E-state index contributed by atoms with van der Waals surface area (Å²) in [5, 5.41) is 10.2. The fourth-order valence-corrected chi connectivity index (χ4v) is 3.03. The van der Waals surface area contributed by atoms with Gasteiger partial charge in [0.1, 0.15) is 0 Å². The van der Waals surface area contributed by atoms with E-state index < -0.39 is 12.0 Å². The molecule has 0 saturated heterocycles. The van der Waals surface area contributed by atoms with Crippen molar-refractivity contribution in [2.24, 2.45) is 0 Å². The van der Waals surface area contributed by atoms with Gasteiger partial charge in [-0.15, -0.1) is 0 Å². The molecule has 0 radical (unpaired) electrons. The molecular formula is C15H15F2NO2. The van der Waals surface area contributed by atoms with Crippen molar-refractivity contribution in [2.45, 2.75) is 37.5 Å². The molecule has 1 aromatic heterocycles. The van der Waals surface area contributed by atoms with Gasteiger partial charge in [-0.25, -0.2) is 18.1 Å². The Balaban J connectivity index is 2.03. The smallest absolute Gasteiger partial charge is 0.416 e. The zero-order valence-electron chi connectivity index (χ0n) is 10.9. The molecule has 20 heavy (non-hydrogen) atoms. The summed E-state index contributed by atoms with van der Waals surface area (Å²) in [5.74, 6) is -2.71. The normalized spacial score (nSPS) is 19.3. The Morgan fingerprint density at radius 2 is 1.90 bits per heavy atom. The maximum atomic E-state index is 13.2. The van der Waals surface area contributed by atoms with Crippen molar-refractivity contribution < 1.29 is 18.7 Å². The average Bonchev–Trinajstić information content (AvgIpc) is 2.77. The largest absolute Gasteiger partial charge is 0.464 e. The minimum Gasteiger partial charge on any atom is -0.464 e. The second kappa shape index (κ2) is 4.58. The average molecular weight is 279 g/mol. The molecule has 3 nitrogen and oxygen atoms in total. The molecule has 0 spiro atoms. The van der Waals surface area contributed by atoms with E-state index in [-0.39, 0.29) is 18.8 Å². The first-order valence-electron chi connectivity index (χ1n) is 6.69. The second-order valence-electron chi connectivity index (χ2n) is 5.38. The first kappa shape index (κ1) is 13.1. The van der Waals surface area contributed by atoms with Crippen LogP contribution in [0.5, 0.6) is 0 Å². The van der Waals surface area contributed by atoms with Gasteiger partial charge in [0.2, 0.25) is 5.92 Å². The van der Waals surface area contributed by atoms with Crippen molar-refractivity contribution in [1.82, 2.24) is 4.57 Å². The highest BCUT2D eigenvalue weighted by atomic mass is 19.3. The lowest BCUT2D eigenvalue weighted by Gasteiger charge is -2.28. The van der Waals surface area contributed by atoms with Gasteiger partial charge in [-0.3, -0.25) is 0 Å². The Labute approximate surface area is 114 Å². The predicted octanol–water partition coefficient (Wildman–Crippen LogP) is 4.46. The summed E-state index contributed by atoms with van der Waals surface area (Å²) in [6.07, 6.45) is -0.733. The number of benzene rings is 1. The van der Waals surface area contributed by atoms with Gasteiger partial charge in [-0.1, -0.05) is 18.2 Å². The van der Waals surface area contributed by atoms with Gasteiger partial charge >= 0.3 is 6.09 Å². The van der Waals surface area contributed by atoms with Crippen LogP contribution < -0.4 is 0 Å². The minimum atomic E-state index is -2.60. The van der Waals surface area contributed by atoms with E-state index in [1.165, 1.54) is 4.57 Å². The lowest BCUT2D eigenvalue weighted by atomic mass is 9.84. The Hall–Kier alpha value is -1.91. The fraction of sp³-hybridized carbons (Fsp3) is 0.400. The number of para-hydroxylation sites is 1. The summed E-state index contributed by atoms with van der Waals surface area (Å²) in [4.78, 5) is 11.5. The van der Waals surface area contributed by atoms with Gasteiger partial charge < -0.3 is 5.11 Å². The molecule has 1 aliphatic carbocycles. The van der Waals surface area contributed by atoms with Gasteiger partial charge in [0.25, 0.3) is 0 Å². The van der Waals surface area contributed by atoms with Crippen LogP contribution in [0.2, 0.25) is 0 Å². The highest BCUT2D eigenvalue weighted by Crippen LogP contribution is 2.42. The number of rotatable bonds is 1. The summed E-state index contributed by atoms with van der Waals surface area (Å²) in [6.45, 7) is 0. The van der Waals surface area contributed by atoms with Crippen LogP contribution in [0.25, 0.3) is 10.9 Å². The van der Waals surface area contributed by atoms with Crippen LogP contribution in [-0.2, 0) is 0 Å². The van der Waals surface area contributed by atoms with Gasteiger partial charge in [0, 0.05) is 29.8 Å². The van der Waals surface area contributed by atoms with Crippen molar-refractivity contribution in [1.29, 1.82) is 0 Å². The zero-order valence-corrected chi connectivity index (χ0v) is 10.9. The Morgan fingerprint density at radius 3 is 2.55 bits per heavy atom.